The number of hydrogen-bond acceptors (Lipinski definition) is 2. The summed E-state index contributed by atoms with van der Waals surface area (Å²) in [5, 5.41) is 0. The van der Waals surface area contributed by atoms with Crippen LogP contribution in [0, 0.1) is 11.6 Å². The number of rotatable bonds is 3. The van der Waals surface area contributed by atoms with Crippen molar-refractivity contribution in [3.8, 4) is 11.1 Å². The lowest BCUT2D eigenvalue weighted by Gasteiger charge is -2.13. The van der Waals surface area contributed by atoms with E-state index in [0.29, 0.717) is 0 Å². The summed E-state index contributed by atoms with van der Waals surface area (Å²) in [7, 11) is 0. The molecule has 0 saturated carbocycles. The Morgan fingerprint density at radius 1 is 0.769 bits per heavy atom. The zero-order valence-electron chi connectivity index (χ0n) is 14.2. The van der Waals surface area contributed by atoms with Crippen LogP contribution in [-0.2, 0) is 4.74 Å². The lowest BCUT2D eigenvalue weighted by atomic mass is 9.99. The van der Waals surface area contributed by atoms with Crippen molar-refractivity contribution in [3.63, 3.8) is 0 Å². The summed E-state index contributed by atoms with van der Waals surface area (Å²) in [6.45, 7) is 1.85. The van der Waals surface area contributed by atoms with Gasteiger partial charge in [-0.2, -0.15) is 0 Å². The van der Waals surface area contributed by atoms with E-state index < -0.39 is 11.6 Å². The Kier molecular flexibility index (Phi) is 4.25. The Bertz CT molecular complexity index is 931. The minimum atomic E-state index is -0.670. The van der Waals surface area contributed by atoms with Gasteiger partial charge in [-0.25, -0.2) is 13.8 Å². The molecule has 0 aliphatic carbocycles. The van der Waals surface area contributed by atoms with Crippen LogP contribution >= 0.6 is 0 Å². The third-order valence-electron chi connectivity index (χ3n) is 4.53. The molecule has 2 nitrogen and oxygen atoms in total. The quantitative estimate of drug-likeness (QED) is 0.608. The highest BCUT2D eigenvalue weighted by atomic mass is 19.1. The van der Waals surface area contributed by atoms with E-state index in [9.17, 15) is 8.78 Å². The van der Waals surface area contributed by atoms with E-state index in [4.69, 9.17) is 4.74 Å². The van der Waals surface area contributed by atoms with Crippen molar-refractivity contribution in [2.45, 2.75) is 19.1 Å². The van der Waals surface area contributed by atoms with Crippen LogP contribution in [0.3, 0.4) is 0 Å². The van der Waals surface area contributed by atoms with Crippen molar-refractivity contribution in [2.24, 2.45) is 4.99 Å². The van der Waals surface area contributed by atoms with E-state index in [-0.39, 0.29) is 23.6 Å². The Labute approximate surface area is 150 Å². The number of aliphatic imine (C=N–C) groups is 1. The smallest absolute Gasteiger partial charge is 0.223 e. The monoisotopic (exact) mass is 349 g/mol. The summed E-state index contributed by atoms with van der Waals surface area (Å²) >= 11 is 0. The van der Waals surface area contributed by atoms with Crippen molar-refractivity contribution >= 4 is 5.90 Å². The average Bonchev–Trinajstić information content (AvgIpc) is 3.04. The van der Waals surface area contributed by atoms with Crippen LogP contribution in [0.25, 0.3) is 11.1 Å². The Morgan fingerprint density at radius 2 is 1.38 bits per heavy atom. The van der Waals surface area contributed by atoms with Crippen molar-refractivity contribution in [1.82, 2.24) is 0 Å². The van der Waals surface area contributed by atoms with Gasteiger partial charge < -0.3 is 4.74 Å². The van der Waals surface area contributed by atoms with Gasteiger partial charge in [-0.1, -0.05) is 60.7 Å². The van der Waals surface area contributed by atoms with Gasteiger partial charge in [-0.3, -0.25) is 0 Å². The second-order valence-corrected chi connectivity index (χ2v) is 6.29. The molecular weight excluding hydrogens is 332 g/mol. The minimum absolute atomic E-state index is 0.0187. The van der Waals surface area contributed by atoms with Gasteiger partial charge in [0.05, 0.1) is 0 Å². The molecule has 26 heavy (non-hydrogen) atoms. The fourth-order valence-electron chi connectivity index (χ4n) is 3.18. The van der Waals surface area contributed by atoms with Crippen LogP contribution in [0.4, 0.5) is 8.78 Å². The summed E-state index contributed by atoms with van der Waals surface area (Å²) in [5.41, 5.74) is 2.98. The first-order valence-corrected chi connectivity index (χ1v) is 8.48. The molecule has 130 valence electrons. The van der Waals surface area contributed by atoms with E-state index in [1.54, 1.807) is 0 Å². The van der Waals surface area contributed by atoms with Gasteiger partial charge in [-0.05, 0) is 35.7 Å². The molecule has 0 amide bonds. The second-order valence-electron chi connectivity index (χ2n) is 6.29. The summed E-state index contributed by atoms with van der Waals surface area (Å²) in [6, 6.07) is 21.5. The van der Waals surface area contributed by atoms with Crippen LogP contribution in [0.1, 0.15) is 24.1 Å². The summed E-state index contributed by atoms with van der Waals surface area (Å²) in [5.74, 6) is -1.32. The standard InChI is InChI=1S/C22H17F2NO/c1-14-21(25-22(26-14)20-18(23)8-5-9-19(20)24)17-12-10-16(11-13-17)15-6-3-2-4-7-15/h2-14,21H,1H3/t14-,21?/m1/s1. The Morgan fingerprint density at radius 3 is 2.04 bits per heavy atom. The maximum Gasteiger partial charge on any atom is 0.223 e. The van der Waals surface area contributed by atoms with Gasteiger partial charge in [-0.15, -0.1) is 0 Å². The number of nitrogens with zero attached hydrogens (tertiary/aromatic N) is 1. The molecule has 0 radical (unpaired) electrons. The molecule has 1 aliphatic rings. The van der Waals surface area contributed by atoms with Gasteiger partial charge in [0, 0.05) is 0 Å². The van der Waals surface area contributed by atoms with Crippen LogP contribution in [-0.4, -0.2) is 12.0 Å². The van der Waals surface area contributed by atoms with Crippen molar-refractivity contribution in [2.75, 3.05) is 0 Å². The largest absolute Gasteiger partial charge is 0.472 e. The molecule has 1 aliphatic heterocycles. The molecule has 1 heterocycles. The second kappa shape index (κ2) is 6.71. The van der Waals surface area contributed by atoms with Crippen molar-refractivity contribution < 1.29 is 13.5 Å². The molecule has 4 rings (SSSR count). The molecule has 0 bridgehead atoms. The van der Waals surface area contributed by atoms with E-state index in [2.05, 4.69) is 4.99 Å². The zero-order chi connectivity index (χ0) is 18.1. The van der Waals surface area contributed by atoms with E-state index in [1.807, 2.05) is 61.5 Å². The lowest BCUT2D eigenvalue weighted by molar-refractivity contribution is 0.213. The average molecular weight is 349 g/mol. The highest BCUT2D eigenvalue weighted by Gasteiger charge is 2.31. The maximum atomic E-state index is 14.0. The number of ether oxygens (including phenoxy) is 1. The Balaban J connectivity index is 1.65. The van der Waals surface area contributed by atoms with Gasteiger partial charge in [0.1, 0.15) is 29.3 Å². The molecule has 2 atom stereocenters. The molecule has 0 spiro atoms. The molecule has 3 aromatic rings. The third-order valence-corrected chi connectivity index (χ3v) is 4.53. The fraction of sp³-hybridized carbons (Fsp3) is 0.136. The lowest BCUT2D eigenvalue weighted by Crippen LogP contribution is -2.14. The molecule has 1 unspecified atom stereocenters. The SMILES string of the molecule is C[C@H]1OC(c2c(F)cccc2F)=NC1c1ccc(-c2ccccc2)cc1. The number of halogens is 2. The molecule has 0 fully saturated rings. The molecule has 0 saturated heterocycles. The predicted molar refractivity (Wildman–Crippen MR) is 98.1 cm³/mol. The maximum absolute atomic E-state index is 14.0. The molecular formula is C22H17F2NO. The number of hydrogen-bond donors (Lipinski definition) is 0. The first-order chi connectivity index (χ1) is 12.6. The first kappa shape index (κ1) is 16.5. The van der Waals surface area contributed by atoms with Crippen LogP contribution in [0.15, 0.2) is 77.8 Å². The number of benzene rings is 3. The van der Waals surface area contributed by atoms with Crippen LogP contribution < -0.4 is 0 Å². The third kappa shape index (κ3) is 2.99. The molecule has 3 aromatic carbocycles. The van der Waals surface area contributed by atoms with Gasteiger partial charge in [0.2, 0.25) is 5.90 Å². The normalized spacial score (nSPS) is 19.1. The molecule has 0 N–H and O–H groups in total. The zero-order valence-corrected chi connectivity index (χ0v) is 14.2. The Hall–Kier alpha value is -3.01. The van der Waals surface area contributed by atoms with Crippen molar-refractivity contribution in [3.05, 3.63) is 95.6 Å². The summed E-state index contributed by atoms with van der Waals surface area (Å²) < 4.78 is 33.7. The molecule has 4 heteroatoms. The predicted octanol–water partition coefficient (Wildman–Crippen LogP) is 5.54. The highest BCUT2D eigenvalue weighted by molar-refractivity contribution is 5.96. The van der Waals surface area contributed by atoms with E-state index in [1.165, 1.54) is 18.2 Å². The van der Waals surface area contributed by atoms with Crippen molar-refractivity contribution in [1.29, 1.82) is 0 Å². The minimum Gasteiger partial charge on any atom is -0.472 e. The first-order valence-electron chi connectivity index (χ1n) is 8.48. The van der Waals surface area contributed by atoms with E-state index >= 15 is 0 Å². The van der Waals surface area contributed by atoms with Gasteiger partial charge in [0.15, 0.2) is 0 Å². The molecule has 0 aromatic heterocycles. The van der Waals surface area contributed by atoms with Crippen LogP contribution in [0.2, 0.25) is 0 Å². The summed E-state index contributed by atoms with van der Waals surface area (Å²) in [6.07, 6.45) is -0.299. The highest BCUT2D eigenvalue weighted by Crippen LogP contribution is 2.33. The van der Waals surface area contributed by atoms with Crippen LogP contribution in [0.5, 0.6) is 0 Å². The van der Waals surface area contributed by atoms with E-state index in [0.717, 1.165) is 16.7 Å². The fourth-order valence-corrected chi connectivity index (χ4v) is 3.18. The topological polar surface area (TPSA) is 21.6 Å². The summed E-state index contributed by atoms with van der Waals surface area (Å²) in [4.78, 5) is 4.45. The van der Waals surface area contributed by atoms with Gasteiger partial charge >= 0.3 is 0 Å². The van der Waals surface area contributed by atoms with Gasteiger partial charge in [0.25, 0.3) is 0 Å².